The number of nitrogens with one attached hydrogen (secondary N) is 1. The fourth-order valence-corrected chi connectivity index (χ4v) is 5.16. The SMILES string of the molecule is Cc1cn(-c2ccnc(Cl)c2)cc1C(Nc1ccc(C(=O)N(C)CCC(=O)O)cc1)C1CCCCC1. The summed E-state index contributed by atoms with van der Waals surface area (Å²) in [5.74, 6) is -0.590. The molecule has 1 aromatic carbocycles. The highest BCUT2D eigenvalue weighted by molar-refractivity contribution is 6.29. The summed E-state index contributed by atoms with van der Waals surface area (Å²) in [7, 11) is 1.62. The molecule has 1 atom stereocenters. The van der Waals surface area contributed by atoms with Gasteiger partial charge in [-0.3, -0.25) is 9.59 Å². The number of carbonyl (C=O) groups excluding carboxylic acids is 1. The van der Waals surface area contributed by atoms with Gasteiger partial charge < -0.3 is 19.9 Å². The summed E-state index contributed by atoms with van der Waals surface area (Å²) in [5, 5.41) is 13.1. The van der Waals surface area contributed by atoms with E-state index in [0.717, 1.165) is 11.4 Å². The molecule has 1 amide bonds. The monoisotopic (exact) mass is 508 g/mol. The molecule has 0 aliphatic heterocycles. The molecule has 1 unspecified atom stereocenters. The Bertz CT molecular complexity index is 1200. The normalized spacial score (nSPS) is 14.9. The predicted octanol–water partition coefficient (Wildman–Crippen LogP) is 6.11. The third kappa shape index (κ3) is 6.26. The minimum Gasteiger partial charge on any atom is -0.481 e. The molecule has 1 saturated carbocycles. The average molecular weight is 509 g/mol. The highest BCUT2D eigenvalue weighted by atomic mass is 35.5. The Morgan fingerprint density at radius 2 is 1.89 bits per heavy atom. The molecule has 2 aromatic heterocycles. The molecule has 1 aliphatic carbocycles. The number of benzene rings is 1. The van der Waals surface area contributed by atoms with Crippen LogP contribution in [0.3, 0.4) is 0 Å². The van der Waals surface area contributed by atoms with E-state index in [-0.39, 0.29) is 24.9 Å². The van der Waals surface area contributed by atoms with E-state index in [4.69, 9.17) is 16.7 Å². The molecule has 1 fully saturated rings. The van der Waals surface area contributed by atoms with Gasteiger partial charge in [-0.25, -0.2) is 4.98 Å². The molecular weight excluding hydrogens is 476 g/mol. The van der Waals surface area contributed by atoms with Gasteiger partial charge in [0.05, 0.1) is 12.5 Å². The Morgan fingerprint density at radius 3 is 2.56 bits per heavy atom. The lowest BCUT2D eigenvalue weighted by Gasteiger charge is -2.32. The topological polar surface area (TPSA) is 87.5 Å². The highest BCUT2D eigenvalue weighted by Crippen LogP contribution is 2.38. The van der Waals surface area contributed by atoms with Crippen molar-refractivity contribution >= 4 is 29.2 Å². The van der Waals surface area contributed by atoms with Crippen LogP contribution in [-0.4, -0.2) is 45.0 Å². The number of amides is 1. The van der Waals surface area contributed by atoms with Crippen LogP contribution in [0.1, 0.15) is 66.1 Å². The summed E-state index contributed by atoms with van der Waals surface area (Å²) < 4.78 is 2.10. The summed E-state index contributed by atoms with van der Waals surface area (Å²) in [6.45, 7) is 2.32. The van der Waals surface area contributed by atoms with Crippen LogP contribution in [0, 0.1) is 12.8 Å². The second-order valence-corrected chi connectivity index (χ2v) is 10.00. The van der Waals surface area contributed by atoms with Crippen molar-refractivity contribution in [2.75, 3.05) is 18.9 Å². The maximum Gasteiger partial charge on any atom is 0.305 e. The highest BCUT2D eigenvalue weighted by Gasteiger charge is 2.27. The number of anilines is 1. The van der Waals surface area contributed by atoms with Crippen LogP contribution in [0.5, 0.6) is 0 Å². The molecule has 0 saturated heterocycles. The number of rotatable bonds is 9. The van der Waals surface area contributed by atoms with Crippen molar-refractivity contribution < 1.29 is 14.7 Å². The number of carboxylic acid groups (broad SMARTS) is 1. The van der Waals surface area contributed by atoms with Crippen LogP contribution in [0.4, 0.5) is 5.69 Å². The molecule has 3 aromatic rings. The fraction of sp³-hybridized carbons (Fsp3) is 0.393. The maximum absolute atomic E-state index is 12.7. The van der Waals surface area contributed by atoms with Crippen molar-refractivity contribution in [3.8, 4) is 5.69 Å². The first-order valence-corrected chi connectivity index (χ1v) is 12.8. The lowest BCUT2D eigenvalue weighted by molar-refractivity contribution is -0.137. The van der Waals surface area contributed by atoms with Crippen LogP contribution in [0.25, 0.3) is 5.69 Å². The number of aromatic nitrogens is 2. The first-order chi connectivity index (χ1) is 17.3. The van der Waals surface area contributed by atoms with Gasteiger partial charge in [0.25, 0.3) is 5.91 Å². The van der Waals surface area contributed by atoms with Gasteiger partial charge in [0.1, 0.15) is 5.15 Å². The van der Waals surface area contributed by atoms with E-state index < -0.39 is 5.97 Å². The summed E-state index contributed by atoms with van der Waals surface area (Å²) >= 11 is 6.13. The molecule has 8 heteroatoms. The molecule has 7 nitrogen and oxygen atoms in total. The van der Waals surface area contributed by atoms with Crippen molar-refractivity contribution in [3.05, 3.63) is 76.8 Å². The minimum atomic E-state index is -0.917. The summed E-state index contributed by atoms with van der Waals surface area (Å²) in [6, 6.07) is 11.4. The molecule has 2 heterocycles. The Hall–Kier alpha value is -3.32. The fourth-order valence-electron chi connectivity index (χ4n) is 4.99. The number of carboxylic acids is 1. The lowest BCUT2D eigenvalue weighted by Crippen LogP contribution is -2.29. The van der Waals surface area contributed by atoms with Crippen LogP contribution in [0.15, 0.2) is 55.0 Å². The quantitative estimate of drug-likeness (QED) is 0.340. The minimum absolute atomic E-state index is 0.0738. The number of hydrogen-bond donors (Lipinski definition) is 2. The van der Waals surface area contributed by atoms with Gasteiger partial charge in [0.15, 0.2) is 0 Å². The summed E-state index contributed by atoms with van der Waals surface area (Å²) in [6.07, 6.45) is 12.1. The predicted molar refractivity (Wildman–Crippen MR) is 142 cm³/mol. The van der Waals surface area contributed by atoms with E-state index in [9.17, 15) is 9.59 Å². The van der Waals surface area contributed by atoms with E-state index in [1.165, 1.54) is 48.1 Å². The molecular formula is C28H33ClN4O3. The Labute approximate surface area is 217 Å². The largest absolute Gasteiger partial charge is 0.481 e. The molecule has 0 bridgehead atoms. The molecule has 2 N–H and O–H groups in total. The summed E-state index contributed by atoms with van der Waals surface area (Å²) in [4.78, 5) is 29.0. The van der Waals surface area contributed by atoms with Crippen LogP contribution < -0.4 is 5.32 Å². The van der Waals surface area contributed by atoms with Gasteiger partial charge in [0, 0.05) is 49.1 Å². The molecule has 4 rings (SSSR count). The smallest absolute Gasteiger partial charge is 0.305 e. The average Bonchev–Trinajstić information content (AvgIpc) is 3.27. The van der Waals surface area contributed by atoms with E-state index in [2.05, 4.69) is 34.2 Å². The van der Waals surface area contributed by atoms with E-state index in [1.807, 2.05) is 24.3 Å². The number of pyridine rings is 1. The standard InChI is InChI=1S/C28H33ClN4O3/c1-19-17-33(23-12-14-30-25(29)16-23)18-24(19)27(20-6-4-3-5-7-20)31-22-10-8-21(9-11-22)28(36)32(2)15-13-26(34)35/h8-12,14,16-18,20,27,31H,3-7,13,15H2,1-2H3,(H,34,35). The van der Waals surface area contributed by atoms with Crippen molar-refractivity contribution in [2.45, 2.75) is 51.5 Å². The van der Waals surface area contributed by atoms with E-state index in [1.54, 1.807) is 25.4 Å². The zero-order valence-electron chi connectivity index (χ0n) is 20.8. The van der Waals surface area contributed by atoms with Gasteiger partial charge in [-0.15, -0.1) is 0 Å². The van der Waals surface area contributed by atoms with Gasteiger partial charge in [-0.05, 0) is 73.2 Å². The Kier molecular flexibility index (Phi) is 8.31. The zero-order chi connectivity index (χ0) is 25.7. The van der Waals surface area contributed by atoms with Crippen molar-refractivity contribution in [2.24, 2.45) is 5.92 Å². The Morgan fingerprint density at radius 1 is 1.17 bits per heavy atom. The summed E-state index contributed by atoms with van der Waals surface area (Å²) in [5.41, 5.74) is 4.93. The number of hydrogen-bond acceptors (Lipinski definition) is 4. The maximum atomic E-state index is 12.7. The second-order valence-electron chi connectivity index (χ2n) is 9.61. The third-order valence-electron chi connectivity index (χ3n) is 6.99. The van der Waals surface area contributed by atoms with Gasteiger partial charge >= 0.3 is 5.97 Å². The van der Waals surface area contributed by atoms with Gasteiger partial charge in [-0.2, -0.15) is 0 Å². The number of nitrogens with zero attached hydrogens (tertiary/aromatic N) is 3. The molecule has 190 valence electrons. The third-order valence-corrected chi connectivity index (χ3v) is 7.20. The number of aryl methyl sites for hydroxylation is 1. The lowest BCUT2D eigenvalue weighted by atomic mass is 9.81. The first-order valence-electron chi connectivity index (χ1n) is 12.5. The second kappa shape index (κ2) is 11.6. The number of halogens is 1. The number of aliphatic carboxylic acids is 1. The zero-order valence-corrected chi connectivity index (χ0v) is 21.5. The first kappa shape index (κ1) is 25.8. The molecule has 0 radical (unpaired) electrons. The van der Waals surface area contributed by atoms with E-state index in [0.29, 0.717) is 16.6 Å². The molecule has 36 heavy (non-hydrogen) atoms. The van der Waals surface area contributed by atoms with Crippen LogP contribution >= 0.6 is 11.6 Å². The van der Waals surface area contributed by atoms with Crippen LogP contribution in [0.2, 0.25) is 5.15 Å². The van der Waals surface area contributed by atoms with Gasteiger partial charge in [0.2, 0.25) is 0 Å². The molecule has 0 spiro atoms. The van der Waals surface area contributed by atoms with Crippen molar-refractivity contribution in [1.29, 1.82) is 0 Å². The van der Waals surface area contributed by atoms with Gasteiger partial charge in [-0.1, -0.05) is 30.9 Å². The Balaban J connectivity index is 1.56. The van der Waals surface area contributed by atoms with E-state index >= 15 is 0 Å². The molecule has 1 aliphatic rings. The van der Waals surface area contributed by atoms with Crippen molar-refractivity contribution in [1.82, 2.24) is 14.5 Å². The van der Waals surface area contributed by atoms with Crippen LogP contribution in [-0.2, 0) is 4.79 Å². The van der Waals surface area contributed by atoms with Crippen molar-refractivity contribution in [3.63, 3.8) is 0 Å². The number of carbonyl (C=O) groups is 2.